The summed E-state index contributed by atoms with van der Waals surface area (Å²) < 4.78 is 0. The molecule has 0 aromatic rings. The lowest BCUT2D eigenvalue weighted by Gasteiger charge is -2.26. The molecule has 0 bridgehead atoms. The zero-order valence-electron chi connectivity index (χ0n) is 14.4. The molecule has 132 valence electrons. The predicted octanol–water partition coefficient (Wildman–Crippen LogP) is 3.18. The number of rotatable bonds is 10. The van der Waals surface area contributed by atoms with Crippen molar-refractivity contribution < 1.29 is 0 Å². The molecule has 1 heterocycles. The van der Waals surface area contributed by atoms with Crippen molar-refractivity contribution in [1.29, 1.82) is 0 Å². The number of guanidine groups is 1. The van der Waals surface area contributed by atoms with Crippen molar-refractivity contribution in [2.24, 2.45) is 4.99 Å². The van der Waals surface area contributed by atoms with E-state index in [0.717, 1.165) is 31.3 Å². The van der Waals surface area contributed by atoms with Crippen LogP contribution < -0.4 is 10.6 Å². The van der Waals surface area contributed by atoms with E-state index in [-0.39, 0.29) is 24.0 Å². The fourth-order valence-corrected chi connectivity index (χ4v) is 2.92. The van der Waals surface area contributed by atoms with Gasteiger partial charge in [0, 0.05) is 25.4 Å². The molecule has 0 radical (unpaired) electrons. The summed E-state index contributed by atoms with van der Waals surface area (Å²) in [6.07, 6.45) is 10.2. The molecule has 6 heteroatoms. The quantitative estimate of drug-likeness (QED) is 0.236. The van der Waals surface area contributed by atoms with Crippen molar-refractivity contribution in [3.8, 4) is 0 Å². The molecule has 0 aliphatic carbocycles. The zero-order chi connectivity index (χ0) is 15.2. The molecule has 1 rings (SSSR count). The highest BCUT2D eigenvalue weighted by molar-refractivity contribution is 14.0. The first-order chi connectivity index (χ1) is 10.4. The molecule has 22 heavy (non-hydrogen) atoms. The number of nitrogens with one attached hydrogen (secondary N) is 2. The normalized spacial score (nSPS) is 16.2. The van der Waals surface area contributed by atoms with Gasteiger partial charge >= 0.3 is 0 Å². The largest absolute Gasteiger partial charge is 0.357 e. The SMILES string of the molecule is CCNC(=NCCCCCN1CCCCC1)NCCSC.I. The number of halogens is 1. The van der Waals surface area contributed by atoms with Crippen LogP contribution in [0, 0.1) is 0 Å². The second kappa shape index (κ2) is 16.2. The van der Waals surface area contributed by atoms with Crippen LogP contribution in [0.3, 0.4) is 0 Å². The summed E-state index contributed by atoms with van der Waals surface area (Å²) in [4.78, 5) is 7.27. The molecule has 0 saturated carbocycles. The summed E-state index contributed by atoms with van der Waals surface area (Å²) in [6.45, 7) is 8.90. The fraction of sp³-hybridized carbons (Fsp3) is 0.938. The fourth-order valence-electron chi connectivity index (χ4n) is 2.61. The Morgan fingerprint density at radius 2 is 1.86 bits per heavy atom. The first-order valence-corrected chi connectivity index (χ1v) is 9.99. The minimum Gasteiger partial charge on any atom is -0.357 e. The smallest absolute Gasteiger partial charge is 0.191 e. The number of aliphatic imine (C=N–C) groups is 1. The Hall–Kier alpha value is 0.310. The molecular formula is C16H35IN4S. The molecule has 0 aromatic carbocycles. The van der Waals surface area contributed by atoms with Gasteiger partial charge in [0.15, 0.2) is 5.96 Å². The highest BCUT2D eigenvalue weighted by Gasteiger charge is 2.08. The number of piperidine rings is 1. The molecule has 1 fully saturated rings. The molecular weight excluding hydrogens is 407 g/mol. The van der Waals surface area contributed by atoms with Crippen LogP contribution >= 0.6 is 35.7 Å². The summed E-state index contributed by atoms with van der Waals surface area (Å²) in [5.74, 6) is 2.10. The first kappa shape index (κ1) is 22.3. The lowest BCUT2D eigenvalue weighted by atomic mass is 10.1. The topological polar surface area (TPSA) is 39.7 Å². The predicted molar refractivity (Wildman–Crippen MR) is 112 cm³/mol. The van der Waals surface area contributed by atoms with Gasteiger partial charge in [0.05, 0.1) is 0 Å². The third-order valence-corrected chi connectivity index (χ3v) is 4.41. The van der Waals surface area contributed by atoms with E-state index in [9.17, 15) is 0 Å². The molecule has 1 aliphatic rings. The Labute approximate surface area is 158 Å². The minimum absolute atomic E-state index is 0. The number of hydrogen-bond donors (Lipinski definition) is 2. The molecule has 0 atom stereocenters. The summed E-state index contributed by atoms with van der Waals surface area (Å²) in [7, 11) is 0. The van der Waals surface area contributed by atoms with Crippen molar-refractivity contribution in [3.63, 3.8) is 0 Å². The average Bonchev–Trinajstić information content (AvgIpc) is 2.52. The van der Waals surface area contributed by atoms with E-state index in [2.05, 4.69) is 33.7 Å². The van der Waals surface area contributed by atoms with E-state index >= 15 is 0 Å². The third kappa shape index (κ3) is 11.8. The summed E-state index contributed by atoms with van der Waals surface area (Å²) in [5.41, 5.74) is 0. The Bertz CT molecular complexity index is 271. The van der Waals surface area contributed by atoms with Gasteiger partial charge in [0.1, 0.15) is 0 Å². The lowest BCUT2D eigenvalue weighted by molar-refractivity contribution is 0.224. The van der Waals surface area contributed by atoms with Crippen molar-refractivity contribution in [2.45, 2.75) is 45.4 Å². The van der Waals surface area contributed by atoms with E-state index in [1.807, 2.05) is 11.8 Å². The van der Waals surface area contributed by atoms with Gasteiger partial charge in [-0.2, -0.15) is 11.8 Å². The standard InChI is InChI=1S/C16H34N4S.HI/c1-3-17-16(19-11-15-21-2)18-10-6-4-7-12-20-13-8-5-9-14-20;/h3-15H2,1-2H3,(H2,17,18,19);1H. The number of hydrogen-bond acceptors (Lipinski definition) is 3. The van der Waals surface area contributed by atoms with E-state index in [1.54, 1.807) is 0 Å². The van der Waals surface area contributed by atoms with Gasteiger partial charge in [-0.25, -0.2) is 0 Å². The van der Waals surface area contributed by atoms with Gasteiger partial charge in [0.2, 0.25) is 0 Å². The molecule has 0 aromatic heterocycles. The molecule has 1 aliphatic heterocycles. The summed E-state index contributed by atoms with van der Waals surface area (Å²) in [5, 5.41) is 6.68. The van der Waals surface area contributed by atoms with Crippen LogP contribution in [0.1, 0.15) is 45.4 Å². The van der Waals surface area contributed by atoms with Crippen LogP contribution in [-0.4, -0.2) is 62.1 Å². The van der Waals surface area contributed by atoms with Crippen LogP contribution in [-0.2, 0) is 0 Å². The highest BCUT2D eigenvalue weighted by Crippen LogP contribution is 2.09. The van der Waals surface area contributed by atoms with Gasteiger partial charge in [-0.15, -0.1) is 24.0 Å². The van der Waals surface area contributed by atoms with Crippen molar-refractivity contribution in [1.82, 2.24) is 15.5 Å². The van der Waals surface area contributed by atoms with Crippen molar-refractivity contribution in [3.05, 3.63) is 0 Å². The Kier molecular flexibility index (Phi) is 16.4. The average molecular weight is 442 g/mol. The van der Waals surface area contributed by atoms with Crippen molar-refractivity contribution in [2.75, 3.05) is 51.3 Å². The zero-order valence-corrected chi connectivity index (χ0v) is 17.6. The summed E-state index contributed by atoms with van der Waals surface area (Å²) in [6, 6.07) is 0. The molecule has 2 N–H and O–H groups in total. The monoisotopic (exact) mass is 442 g/mol. The van der Waals surface area contributed by atoms with Crippen LogP contribution in [0.25, 0.3) is 0 Å². The van der Waals surface area contributed by atoms with Gasteiger partial charge in [-0.1, -0.05) is 12.8 Å². The van der Waals surface area contributed by atoms with Gasteiger partial charge in [-0.3, -0.25) is 4.99 Å². The van der Waals surface area contributed by atoms with Gasteiger partial charge in [0.25, 0.3) is 0 Å². The third-order valence-electron chi connectivity index (χ3n) is 3.79. The molecule has 0 spiro atoms. The second-order valence-electron chi connectivity index (χ2n) is 5.64. The van der Waals surface area contributed by atoms with E-state index in [1.165, 1.54) is 58.2 Å². The number of nitrogens with zero attached hydrogens (tertiary/aromatic N) is 2. The van der Waals surface area contributed by atoms with E-state index in [4.69, 9.17) is 0 Å². The summed E-state index contributed by atoms with van der Waals surface area (Å²) >= 11 is 1.86. The first-order valence-electron chi connectivity index (χ1n) is 8.60. The number of likely N-dealkylation sites (tertiary alicyclic amines) is 1. The lowest BCUT2D eigenvalue weighted by Crippen LogP contribution is -2.38. The van der Waals surface area contributed by atoms with Crippen LogP contribution in [0.5, 0.6) is 0 Å². The van der Waals surface area contributed by atoms with E-state index in [0.29, 0.717) is 0 Å². The van der Waals surface area contributed by atoms with E-state index < -0.39 is 0 Å². The van der Waals surface area contributed by atoms with Crippen LogP contribution in [0.15, 0.2) is 4.99 Å². The molecule has 4 nitrogen and oxygen atoms in total. The maximum absolute atomic E-state index is 4.64. The Morgan fingerprint density at radius 3 is 2.55 bits per heavy atom. The highest BCUT2D eigenvalue weighted by atomic mass is 127. The minimum atomic E-state index is 0. The second-order valence-corrected chi connectivity index (χ2v) is 6.63. The Morgan fingerprint density at radius 1 is 1.09 bits per heavy atom. The maximum Gasteiger partial charge on any atom is 0.191 e. The molecule has 0 unspecified atom stereocenters. The number of unbranched alkanes of at least 4 members (excludes halogenated alkanes) is 2. The molecule has 0 amide bonds. The maximum atomic E-state index is 4.64. The number of thioether (sulfide) groups is 1. The van der Waals surface area contributed by atoms with Gasteiger partial charge in [-0.05, 0) is 58.5 Å². The Balaban J connectivity index is 0.00000441. The van der Waals surface area contributed by atoms with Crippen LogP contribution in [0.4, 0.5) is 0 Å². The van der Waals surface area contributed by atoms with Gasteiger partial charge < -0.3 is 15.5 Å². The van der Waals surface area contributed by atoms with Crippen molar-refractivity contribution >= 4 is 41.7 Å². The van der Waals surface area contributed by atoms with Crippen LogP contribution in [0.2, 0.25) is 0 Å². The molecule has 1 saturated heterocycles.